The van der Waals surface area contributed by atoms with Crippen LogP contribution in [0.15, 0.2) is 72.6 Å². The molecule has 4 aliphatic rings. The van der Waals surface area contributed by atoms with E-state index in [2.05, 4.69) is 100 Å². The zero-order chi connectivity index (χ0) is 37.2. The molecule has 3 heterocycles. The molecule has 0 unspecified atom stereocenters. The average molecular weight is 1060 g/mol. The van der Waals surface area contributed by atoms with Crippen LogP contribution in [-0.2, 0) is 31.3 Å². The van der Waals surface area contributed by atoms with Gasteiger partial charge in [-0.05, 0) is 181 Å². The molecule has 0 amide bonds. The number of piperidine rings is 2. The van der Waals surface area contributed by atoms with Crippen LogP contribution in [0.5, 0.6) is 0 Å². The van der Waals surface area contributed by atoms with Crippen LogP contribution < -0.4 is 12.4 Å². The summed E-state index contributed by atoms with van der Waals surface area (Å²) in [6.45, 7) is 4.50. The maximum atomic E-state index is 12.7. The Morgan fingerprint density at radius 2 is 1.31 bits per heavy atom. The minimum Gasteiger partial charge on any atom is -1.00 e. The first-order valence-electron chi connectivity index (χ1n) is 17.7. The second kappa shape index (κ2) is 20.7. The normalized spacial score (nSPS) is 19.7. The fourth-order valence-corrected chi connectivity index (χ4v) is 10.8. The average Bonchev–Trinajstić information content (AvgIpc) is 3.31. The van der Waals surface area contributed by atoms with Crippen LogP contribution >= 0.6 is 86.9 Å². The van der Waals surface area contributed by atoms with Gasteiger partial charge in [0.25, 0.3) is 0 Å². The molecule has 8 rings (SSSR count). The summed E-state index contributed by atoms with van der Waals surface area (Å²) in [7, 11) is 4.31. The van der Waals surface area contributed by atoms with Gasteiger partial charge in [-0.3, -0.25) is 9.78 Å². The number of hydrogen-bond acceptors (Lipinski definition) is 5. The van der Waals surface area contributed by atoms with Crippen molar-refractivity contribution in [2.45, 2.75) is 57.0 Å². The monoisotopic (exact) mass is 1050 g/mol. The number of benzene rings is 3. The van der Waals surface area contributed by atoms with E-state index in [4.69, 9.17) is 28.2 Å². The third-order valence-corrected chi connectivity index (χ3v) is 13.2. The van der Waals surface area contributed by atoms with Crippen LogP contribution in [0.4, 0.5) is 0 Å². The molecule has 2 saturated heterocycles. The maximum absolute atomic E-state index is 12.7. The molecule has 1 atom stereocenters. The number of pyridine rings is 1. The third kappa shape index (κ3) is 10.7. The smallest absolute Gasteiger partial charge is 1.00 e. The Kier molecular flexibility index (Phi) is 17.9. The number of likely N-dealkylation sites (tertiary alicyclic amines) is 2. The first-order chi connectivity index (χ1) is 24.8. The van der Waals surface area contributed by atoms with E-state index in [1.165, 1.54) is 25.9 Å². The summed E-state index contributed by atoms with van der Waals surface area (Å²) >= 11 is 26.5. The molecular formula is C41H42Br4Cl3MgN3O2. The SMILES string of the molecule is CN1CCC([C@@]2(O)c3ncc(Br)cc3CCc3cc(Cl)cc(Br)c32)CC1.CN1CC[CH-]CC1.O=C1c2ccc(Br)cc2CCc2cc(Cl)cc(Br)c21.[Cl-].[Mg+2]. The van der Waals surface area contributed by atoms with Crippen LogP contribution in [-0.4, -0.2) is 89.0 Å². The Bertz CT molecular complexity index is 1960. The number of carbonyl (C=O) groups is 1. The van der Waals surface area contributed by atoms with Crippen molar-refractivity contribution in [3.63, 3.8) is 0 Å². The molecule has 4 aromatic rings. The minimum absolute atomic E-state index is 0. The van der Waals surface area contributed by atoms with E-state index in [0.717, 1.165) is 114 Å². The molecule has 1 aromatic heterocycles. The largest absolute Gasteiger partial charge is 2.00 e. The quantitative estimate of drug-likeness (QED) is 0.157. The topological polar surface area (TPSA) is 56.7 Å². The standard InChI is InChI=1S/C20H21Br2ClN2O.C15H9Br2ClO.C6H12N.ClH.Mg/c1-25-6-4-14(5-7-25)20(26)18-12(9-16(23)10-17(18)22)2-3-13-8-15(21)11-24-19(13)20;16-10-3-4-12-8(5-10)1-2-9-6-11(18)7-13(17)14(9)15(12)19;1-7-5-3-2-4-6-7;;/h8-11,14,26H,2-7H2,1H3;3-7H,1-2H2;2H,3-6H2,1H3;1H;/q;;-1;;+2/p-1/t20-;;;;/m0..../s1. The van der Waals surface area contributed by atoms with Gasteiger partial charge in [-0.25, -0.2) is 0 Å². The molecule has 284 valence electrons. The second-order valence-corrected chi connectivity index (χ2v) is 18.6. The molecule has 2 aliphatic carbocycles. The van der Waals surface area contributed by atoms with Crippen molar-refractivity contribution in [1.82, 2.24) is 14.8 Å². The summed E-state index contributed by atoms with van der Waals surface area (Å²) in [6, 6.07) is 15.5. The van der Waals surface area contributed by atoms with Crippen LogP contribution in [0.2, 0.25) is 10.0 Å². The van der Waals surface area contributed by atoms with E-state index < -0.39 is 5.60 Å². The van der Waals surface area contributed by atoms with Gasteiger partial charge >= 0.3 is 23.1 Å². The van der Waals surface area contributed by atoms with Crippen molar-refractivity contribution in [2.24, 2.45) is 5.92 Å². The summed E-state index contributed by atoms with van der Waals surface area (Å²) in [5.41, 5.74) is 6.49. The van der Waals surface area contributed by atoms with Crippen molar-refractivity contribution in [3.05, 3.63) is 134 Å². The maximum Gasteiger partial charge on any atom is 2.00 e. The molecule has 0 radical (unpaired) electrons. The van der Waals surface area contributed by atoms with Gasteiger partial charge in [0.05, 0.1) is 5.69 Å². The van der Waals surface area contributed by atoms with Crippen molar-refractivity contribution < 1.29 is 22.3 Å². The molecule has 2 fully saturated rings. The molecule has 0 saturated carbocycles. The van der Waals surface area contributed by atoms with Gasteiger partial charge < -0.3 is 33.7 Å². The number of aliphatic hydroxyl groups is 1. The first-order valence-corrected chi connectivity index (χ1v) is 21.6. The van der Waals surface area contributed by atoms with E-state index in [0.29, 0.717) is 10.0 Å². The number of rotatable bonds is 1. The van der Waals surface area contributed by atoms with Crippen molar-refractivity contribution in [2.75, 3.05) is 40.3 Å². The van der Waals surface area contributed by atoms with Gasteiger partial charge in [-0.15, -0.1) is 0 Å². The number of carbonyl (C=O) groups excluding carboxylic acids is 1. The van der Waals surface area contributed by atoms with E-state index >= 15 is 0 Å². The van der Waals surface area contributed by atoms with Crippen LogP contribution in [0.25, 0.3) is 0 Å². The van der Waals surface area contributed by atoms with Gasteiger partial charge in [-0.2, -0.15) is 12.8 Å². The molecule has 0 bridgehead atoms. The zero-order valence-electron chi connectivity index (χ0n) is 30.4. The van der Waals surface area contributed by atoms with Gasteiger partial charge in [0, 0.05) is 56.7 Å². The number of aryl methyl sites for hydroxylation is 4. The van der Waals surface area contributed by atoms with Crippen LogP contribution in [0.3, 0.4) is 0 Å². The minimum atomic E-state index is -1.10. The Labute approximate surface area is 385 Å². The Hall–Kier alpha value is -0.0838. The summed E-state index contributed by atoms with van der Waals surface area (Å²) in [6.07, 6.45) is 12.0. The van der Waals surface area contributed by atoms with E-state index in [1.807, 2.05) is 36.4 Å². The molecule has 2 aliphatic heterocycles. The number of hydrogen-bond donors (Lipinski definition) is 1. The zero-order valence-corrected chi connectivity index (χ0v) is 40.4. The fraction of sp³-hybridized carbons (Fsp3) is 0.390. The second-order valence-electron chi connectivity index (χ2n) is 14.1. The van der Waals surface area contributed by atoms with Crippen molar-refractivity contribution in [1.29, 1.82) is 0 Å². The first kappa shape index (κ1) is 46.6. The van der Waals surface area contributed by atoms with E-state index in [9.17, 15) is 9.90 Å². The summed E-state index contributed by atoms with van der Waals surface area (Å²) in [5, 5.41) is 13.6. The molecule has 5 nitrogen and oxygen atoms in total. The molecule has 3 aromatic carbocycles. The molecule has 1 N–H and O–H groups in total. The summed E-state index contributed by atoms with van der Waals surface area (Å²) in [4.78, 5) is 22.1. The Morgan fingerprint density at radius 1 is 0.759 bits per heavy atom. The fourth-order valence-electron chi connectivity index (χ4n) is 7.83. The molecule has 0 spiro atoms. The van der Waals surface area contributed by atoms with Crippen LogP contribution in [0.1, 0.15) is 75.1 Å². The van der Waals surface area contributed by atoms with Gasteiger partial charge in [0.1, 0.15) is 5.60 Å². The summed E-state index contributed by atoms with van der Waals surface area (Å²) < 4.78 is 3.60. The van der Waals surface area contributed by atoms with Crippen molar-refractivity contribution in [3.8, 4) is 0 Å². The molecular weight excluding hydrogens is 1020 g/mol. The molecule has 13 heteroatoms. The predicted octanol–water partition coefficient (Wildman–Crippen LogP) is 7.67. The molecule has 54 heavy (non-hydrogen) atoms. The van der Waals surface area contributed by atoms with Crippen LogP contribution in [0, 0.1) is 12.3 Å². The van der Waals surface area contributed by atoms with E-state index in [1.54, 1.807) is 12.3 Å². The number of nitrogens with zero attached hydrogens (tertiary/aromatic N) is 3. The van der Waals surface area contributed by atoms with Gasteiger partial charge in [-0.1, -0.05) is 55.1 Å². The number of aromatic nitrogens is 1. The number of ketones is 1. The van der Waals surface area contributed by atoms with E-state index in [-0.39, 0.29) is 47.2 Å². The predicted molar refractivity (Wildman–Crippen MR) is 233 cm³/mol. The van der Waals surface area contributed by atoms with Crippen molar-refractivity contribution >= 4 is 116 Å². The third-order valence-electron chi connectivity index (χ3n) is 10.6. The number of fused-ring (bicyclic) bond motifs is 4. The van der Waals surface area contributed by atoms with Gasteiger partial charge in [0.2, 0.25) is 0 Å². The number of halogens is 7. The summed E-state index contributed by atoms with van der Waals surface area (Å²) in [5.74, 6) is 0.194. The Morgan fingerprint density at radius 3 is 1.96 bits per heavy atom. The Balaban J connectivity index is 0.000000203. The van der Waals surface area contributed by atoms with Gasteiger partial charge in [0.15, 0.2) is 5.78 Å².